The molecule has 0 aromatic carbocycles. The Hall–Kier alpha value is -0.120. The second-order valence-corrected chi connectivity index (χ2v) is 5.81. The summed E-state index contributed by atoms with van der Waals surface area (Å²) in [6, 6.07) is 1.34. The van der Waals surface area contributed by atoms with Crippen LogP contribution in [0.15, 0.2) is 0 Å². The molecule has 3 heteroatoms. The molecule has 0 amide bonds. The van der Waals surface area contributed by atoms with Crippen molar-refractivity contribution in [2.75, 3.05) is 19.6 Å². The van der Waals surface area contributed by atoms with Crippen molar-refractivity contribution in [2.24, 2.45) is 5.92 Å². The van der Waals surface area contributed by atoms with Crippen molar-refractivity contribution in [3.05, 3.63) is 0 Å². The molecule has 1 aliphatic carbocycles. The lowest BCUT2D eigenvalue weighted by Gasteiger charge is -2.37. The van der Waals surface area contributed by atoms with Crippen LogP contribution in [-0.4, -0.2) is 47.8 Å². The van der Waals surface area contributed by atoms with E-state index in [2.05, 4.69) is 24.1 Å². The monoisotopic (exact) mass is 226 g/mol. The molecule has 2 N–H and O–H groups in total. The number of piperidine rings is 1. The summed E-state index contributed by atoms with van der Waals surface area (Å²) in [5.74, 6) is 0.855. The Kier molecular flexibility index (Phi) is 4.22. The first kappa shape index (κ1) is 12.3. The van der Waals surface area contributed by atoms with E-state index < -0.39 is 0 Å². The highest BCUT2D eigenvalue weighted by atomic mass is 16.3. The van der Waals surface area contributed by atoms with Gasteiger partial charge in [0.05, 0.1) is 6.10 Å². The molecule has 3 nitrogen and oxygen atoms in total. The maximum absolute atomic E-state index is 9.96. The summed E-state index contributed by atoms with van der Waals surface area (Å²) in [5, 5.41) is 13.4. The molecule has 94 valence electrons. The molecule has 1 heterocycles. The number of β-amino-alcohol motifs (C(OH)–C–C–N with tert-alkyl or cyclic N) is 1. The molecule has 2 fully saturated rings. The molecule has 0 radical (unpaired) electrons. The van der Waals surface area contributed by atoms with Gasteiger partial charge in [-0.05, 0) is 45.1 Å². The average Bonchev–Trinajstić information content (AvgIpc) is 3.03. The van der Waals surface area contributed by atoms with Crippen LogP contribution >= 0.6 is 0 Å². The third kappa shape index (κ3) is 3.72. The van der Waals surface area contributed by atoms with Crippen LogP contribution in [0.5, 0.6) is 0 Å². The van der Waals surface area contributed by atoms with Crippen LogP contribution in [0.2, 0.25) is 0 Å². The highest BCUT2D eigenvalue weighted by molar-refractivity contribution is 4.84. The predicted molar refractivity (Wildman–Crippen MR) is 66.5 cm³/mol. The lowest BCUT2D eigenvalue weighted by Crippen LogP contribution is -2.46. The molecule has 1 saturated carbocycles. The second-order valence-electron chi connectivity index (χ2n) is 5.81. The Morgan fingerprint density at radius 2 is 2.06 bits per heavy atom. The van der Waals surface area contributed by atoms with Crippen LogP contribution in [0, 0.1) is 5.92 Å². The van der Waals surface area contributed by atoms with E-state index in [1.807, 2.05) is 0 Å². The molecule has 0 aromatic rings. The normalized spacial score (nSPS) is 33.9. The number of aliphatic hydroxyl groups is 1. The van der Waals surface area contributed by atoms with Crippen molar-refractivity contribution in [3.63, 3.8) is 0 Å². The summed E-state index contributed by atoms with van der Waals surface area (Å²) in [6.07, 6.45) is 4.96. The molecular formula is C13H26N2O. The standard InChI is InChI=1S/C13H26N2O/c1-10-5-6-15(11(2)7-10)9-13(16)8-14-12-3-4-12/h10-14,16H,3-9H2,1-2H3. The molecule has 1 aliphatic heterocycles. The maximum atomic E-state index is 9.96. The summed E-state index contributed by atoms with van der Waals surface area (Å²) in [5.41, 5.74) is 0. The van der Waals surface area contributed by atoms with Crippen molar-refractivity contribution in [2.45, 2.75) is 57.7 Å². The molecule has 1 saturated heterocycles. The first-order valence-corrected chi connectivity index (χ1v) is 6.80. The molecular weight excluding hydrogens is 200 g/mol. The molecule has 0 bridgehead atoms. The third-order valence-corrected chi connectivity index (χ3v) is 3.94. The number of nitrogens with zero attached hydrogens (tertiary/aromatic N) is 1. The summed E-state index contributed by atoms with van der Waals surface area (Å²) in [6.45, 7) is 7.38. The van der Waals surface area contributed by atoms with Gasteiger partial charge in [0.25, 0.3) is 0 Å². The Balaban J connectivity index is 1.66. The van der Waals surface area contributed by atoms with Gasteiger partial charge in [-0.3, -0.25) is 4.90 Å². The molecule has 3 unspecified atom stereocenters. The Morgan fingerprint density at radius 3 is 2.69 bits per heavy atom. The fourth-order valence-electron chi connectivity index (χ4n) is 2.65. The van der Waals surface area contributed by atoms with E-state index in [1.54, 1.807) is 0 Å². The smallest absolute Gasteiger partial charge is 0.0791 e. The van der Waals surface area contributed by atoms with E-state index in [0.29, 0.717) is 12.1 Å². The van der Waals surface area contributed by atoms with Gasteiger partial charge >= 0.3 is 0 Å². The fraction of sp³-hybridized carbons (Fsp3) is 1.00. The van der Waals surface area contributed by atoms with Crippen molar-refractivity contribution in [1.82, 2.24) is 10.2 Å². The Bertz CT molecular complexity index is 218. The van der Waals surface area contributed by atoms with Gasteiger partial charge in [0, 0.05) is 25.2 Å². The average molecular weight is 226 g/mol. The van der Waals surface area contributed by atoms with E-state index >= 15 is 0 Å². The number of hydrogen-bond acceptors (Lipinski definition) is 3. The number of likely N-dealkylation sites (tertiary alicyclic amines) is 1. The van der Waals surface area contributed by atoms with Gasteiger partial charge in [0.1, 0.15) is 0 Å². The third-order valence-electron chi connectivity index (χ3n) is 3.94. The highest BCUT2D eigenvalue weighted by Crippen LogP contribution is 2.22. The van der Waals surface area contributed by atoms with E-state index in [1.165, 1.54) is 25.7 Å². The minimum absolute atomic E-state index is 0.198. The van der Waals surface area contributed by atoms with Crippen LogP contribution in [-0.2, 0) is 0 Å². The van der Waals surface area contributed by atoms with Gasteiger partial charge in [-0.1, -0.05) is 6.92 Å². The van der Waals surface area contributed by atoms with E-state index in [9.17, 15) is 5.11 Å². The first-order chi connectivity index (χ1) is 7.65. The van der Waals surface area contributed by atoms with Crippen LogP contribution < -0.4 is 5.32 Å². The summed E-state index contributed by atoms with van der Waals surface area (Å²) < 4.78 is 0. The number of nitrogens with one attached hydrogen (secondary N) is 1. The van der Waals surface area contributed by atoms with Gasteiger partial charge in [0.15, 0.2) is 0 Å². The van der Waals surface area contributed by atoms with Crippen molar-refractivity contribution >= 4 is 0 Å². The molecule has 0 spiro atoms. The quantitative estimate of drug-likeness (QED) is 0.740. The predicted octanol–water partition coefficient (Wildman–Crippen LogP) is 1.22. The minimum Gasteiger partial charge on any atom is -0.390 e. The van der Waals surface area contributed by atoms with Gasteiger partial charge in [-0.25, -0.2) is 0 Å². The largest absolute Gasteiger partial charge is 0.390 e. The first-order valence-electron chi connectivity index (χ1n) is 6.80. The van der Waals surface area contributed by atoms with Crippen molar-refractivity contribution in [3.8, 4) is 0 Å². The lowest BCUT2D eigenvalue weighted by molar-refractivity contribution is 0.0602. The summed E-state index contributed by atoms with van der Waals surface area (Å²) in [4.78, 5) is 2.44. The van der Waals surface area contributed by atoms with Crippen LogP contribution in [0.4, 0.5) is 0 Å². The van der Waals surface area contributed by atoms with Crippen molar-refractivity contribution in [1.29, 1.82) is 0 Å². The fourth-order valence-corrected chi connectivity index (χ4v) is 2.65. The zero-order valence-electron chi connectivity index (χ0n) is 10.7. The molecule has 2 rings (SSSR count). The Labute approximate surface area is 99.2 Å². The van der Waals surface area contributed by atoms with Gasteiger partial charge in [-0.2, -0.15) is 0 Å². The molecule has 16 heavy (non-hydrogen) atoms. The SMILES string of the molecule is CC1CCN(CC(O)CNC2CC2)C(C)C1. The van der Waals surface area contributed by atoms with Gasteiger partial charge < -0.3 is 10.4 Å². The zero-order valence-corrected chi connectivity index (χ0v) is 10.7. The summed E-state index contributed by atoms with van der Waals surface area (Å²) >= 11 is 0. The molecule has 2 aliphatic rings. The lowest BCUT2D eigenvalue weighted by atomic mass is 9.93. The van der Waals surface area contributed by atoms with Crippen LogP contribution in [0.1, 0.15) is 39.5 Å². The minimum atomic E-state index is -0.198. The van der Waals surface area contributed by atoms with Crippen molar-refractivity contribution < 1.29 is 5.11 Å². The van der Waals surface area contributed by atoms with E-state index in [4.69, 9.17) is 0 Å². The number of aliphatic hydroxyl groups excluding tert-OH is 1. The second kappa shape index (κ2) is 5.48. The van der Waals surface area contributed by atoms with Gasteiger partial charge in [-0.15, -0.1) is 0 Å². The summed E-state index contributed by atoms with van der Waals surface area (Å²) in [7, 11) is 0. The van der Waals surface area contributed by atoms with Crippen LogP contribution in [0.25, 0.3) is 0 Å². The Morgan fingerprint density at radius 1 is 1.31 bits per heavy atom. The molecule has 3 atom stereocenters. The van der Waals surface area contributed by atoms with Gasteiger partial charge in [0.2, 0.25) is 0 Å². The number of rotatable bonds is 5. The van der Waals surface area contributed by atoms with E-state index in [-0.39, 0.29) is 6.10 Å². The molecule has 0 aromatic heterocycles. The highest BCUT2D eigenvalue weighted by Gasteiger charge is 2.26. The van der Waals surface area contributed by atoms with E-state index in [0.717, 1.165) is 25.6 Å². The zero-order chi connectivity index (χ0) is 11.5. The van der Waals surface area contributed by atoms with Crippen LogP contribution in [0.3, 0.4) is 0 Å². The topological polar surface area (TPSA) is 35.5 Å². The maximum Gasteiger partial charge on any atom is 0.0791 e. The number of hydrogen-bond donors (Lipinski definition) is 2.